The first-order chi connectivity index (χ1) is 9.72. The molecule has 0 amide bonds. The molecule has 0 fully saturated rings. The molecule has 1 aromatic rings. The Morgan fingerprint density at radius 3 is 2.85 bits per heavy atom. The minimum Gasteiger partial charge on any atom is -0.380 e. The molecular formula is C15H27N3OS. The van der Waals surface area contributed by atoms with E-state index in [1.165, 1.54) is 5.56 Å². The maximum Gasteiger partial charge on any atom is 0.191 e. The predicted octanol–water partition coefficient (Wildman–Crippen LogP) is 2.87. The molecule has 0 saturated heterocycles. The van der Waals surface area contributed by atoms with Gasteiger partial charge in [-0.15, -0.1) is 0 Å². The third kappa shape index (κ3) is 8.17. The highest BCUT2D eigenvalue weighted by Crippen LogP contribution is 2.06. The SMILES string of the molecule is CCNC(=NCc1ccsc1)NCCOCCC(C)C. The van der Waals surface area contributed by atoms with Crippen LogP contribution in [0.25, 0.3) is 0 Å². The van der Waals surface area contributed by atoms with Gasteiger partial charge in [-0.1, -0.05) is 13.8 Å². The first kappa shape index (κ1) is 17.0. The quantitative estimate of drug-likeness (QED) is 0.418. The molecule has 2 N–H and O–H groups in total. The van der Waals surface area contributed by atoms with Crippen LogP contribution in [0.3, 0.4) is 0 Å². The number of hydrogen-bond donors (Lipinski definition) is 2. The third-order valence-corrected chi connectivity index (χ3v) is 3.45. The molecule has 0 aliphatic carbocycles. The molecule has 1 heterocycles. The molecule has 0 saturated carbocycles. The van der Waals surface area contributed by atoms with E-state index in [0.29, 0.717) is 12.5 Å². The zero-order valence-corrected chi connectivity index (χ0v) is 13.6. The van der Waals surface area contributed by atoms with E-state index in [1.54, 1.807) is 11.3 Å². The third-order valence-electron chi connectivity index (χ3n) is 2.72. The van der Waals surface area contributed by atoms with Gasteiger partial charge in [0.15, 0.2) is 5.96 Å². The van der Waals surface area contributed by atoms with Crippen LogP contribution in [0.2, 0.25) is 0 Å². The van der Waals surface area contributed by atoms with Gasteiger partial charge in [0.05, 0.1) is 13.2 Å². The molecule has 0 atom stereocenters. The lowest BCUT2D eigenvalue weighted by molar-refractivity contribution is 0.128. The van der Waals surface area contributed by atoms with Crippen molar-refractivity contribution in [2.45, 2.75) is 33.7 Å². The van der Waals surface area contributed by atoms with E-state index in [-0.39, 0.29) is 0 Å². The van der Waals surface area contributed by atoms with E-state index in [1.807, 2.05) is 0 Å². The average Bonchev–Trinajstić information content (AvgIpc) is 2.92. The number of ether oxygens (including phenoxy) is 1. The summed E-state index contributed by atoms with van der Waals surface area (Å²) in [5.41, 5.74) is 1.25. The summed E-state index contributed by atoms with van der Waals surface area (Å²) in [5, 5.41) is 10.7. The molecule has 0 unspecified atom stereocenters. The fourth-order valence-electron chi connectivity index (χ4n) is 1.56. The van der Waals surface area contributed by atoms with Crippen LogP contribution in [0.5, 0.6) is 0 Å². The molecule has 114 valence electrons. The van der Waals surface area contributed by atoms with E-state index in [0.717, 1.165) is 38.7 Å². The molecule has 20 heavy (non-hydrogen) atoms. The largest absolute Gasteiger partial charge is 0.380 e. The van der Waals surface area contributed by atoms with Gasteiger partial charge in [-0.25, -0.2) is 4.99 Å². The Labute approximate surface area is 126 Å². The van der Waals surface area contributed by atoms with Gasteiger partial charge >= 0.3 is 0 Å². The molecule has 0 aliphatic heterocycles. The van der Waals surface area contributed by atoms with Crippen LogP contribution in [0.1, 0.15) is 32.8 Å². The van der Waals surface area contributed by atoms with Gasteiger partial charge in [0.2, 0.25) is 0 Å². The molecule has 0 radical (unpaired) electrons. The maximum absolute atomic E-state index is 5.58. The monoisotopic (exact) mass is 297 g/mol. The van der Waals surface area contributed by atoms with Crippen molar-refractivity contribution < 1.29 is 4.74 Å². The highest BCUT2D eigenvalue weighted by Gasteiger charge is 1.98. The lowest BCUT2D eigenvalue weighted by Gasteiger charge is -2.11. The van der Waals surface area contributed by atoms with Crippen LogP contribution >= 0.6 is 11.3 Å². The van der Waals surface area contributed by atoms with Gasteiger partial charge in [-0.2, -0.15) is 11.3 Å². The van der Waals surface area contributed by atoms with Crippen LogP contribution in [-0.2, 0) is 11.3 Å². The lowest BCUT2D eigenvalue weighted by atomic mass is 10.1. The summed E-state index contributed by atoms with van der Waals surface area (Å²) in [6.07, 6.45) is 1.12. The number of nitrogens with one attached hydrogen (secondary N) is 2. The van der Waals surface area contributed by atoms with E-state index in [4.69, 9.17) is 4.74 Å². The maximum atomic E-state index is 5.58. The van der Waals surface area contributed by atoms with E-state index < -0.39 is 0 Å². The Morgan fingerprint density at radius 1 is 1.35 bits per heavy atom. The van der Waals surface area contributed by atoms with Crippen molar-refractivity contribution in [3.63, 3.8) is 0 Å². The first-order valence-electron chi connectivity index (χ1n) is 7.33. The molecule has 1 rings (SSSR count). The Balaban J connectivity index is 2.19. The van der Waals surface area contributed by atoms with Gasteiger partial charge in [0, 0.05) is 19.7 Å². The zero-order chi connectivity index (χ0) is 14.6. The van der Waals surface area contributed by atoms with Crippen molar-refractivity contribution >= 4 is 17.3 Å². The van der Waals surface area contributed by atoms with Gasteiger partial charge < -0.3 is 15.4 Å². The number of thiophene rings is 1. The molecular weight excluding hydrogens is 270 g/mol. The Bertz CT molecular complexity index is 363. The number of hydrogen-bond acceptors (Lipinski definition) is 3. The van der Waals surface area contributed by atoms with Crippen LogP contribution < -0.4 is 10.6 Å². The Hall–Kier alpha value is -1.07. The van der Waals surface area contributed by atoms with Crippen LogP contribution in [0.15, 0.2) is 21.8 Å². The molecule has 0 bridgehead atoms. The van der Waals surface area contributed by atoms with Crippen molar-refractivity contribution in [2.24, 2.45) is 10.9 Å². The number of aliphatic imine (C=N–C) groups is 1. The summed E-state index contributed by atoms with van der Waals surface area (Å²) in [7, 11) is 0. The summed E-state index contributed by atoms with van der Waals surface area (Å²) in [6.45, 7) is 10.4. The highest BCUT2D eigenvalue weighted by atomic mass is 32.1. The molecule has 0 spiro atoms. The minimum atomic E-state index is 0.701. The fourth-order valence-corrected chi connectivity index (χ4v) is 2.22. The number of nitrogens with zero attached hydrogens (tertiary/aromatic N) is 1. The lowest BCUT2D eigenvalue weighted by Crippen LogP contribution is -2.39. The van der Waals surface area contributed by atoms with Crippen molar-refractivity contribution in [1.82, 2.24) is 10.6 Å². The average molecular weight is 297 g/mol. The summed E-state index contributed by atoms with van der Waals surface area (Å²) < 4.78 is 5.58. The predicted molar refractivity (Wildman–Crippen MR) is 87.4 cm³/mol. The van der Waals surface area contributed by atoms with Gasteiger partial charge in [0.1, 0.15) is 0 Å². The summed E-state index contributed by atoms with van der Waals surface area (Å²) >= 11 is 1.70. The summed E-state index contributed by atoms with van der Waals surface area (Å²) in [5.74, 6) is 1.55. The van der Waals surface area contributed by atoms with E-state index in [9.17, 15) is 0 Å². The summed E-state index contributed by atoms with van der Waals surface area (Å²) in [4.78, 5) is 4.55. The molecule has 0 aromatic carbocycles. The highest BCUT2D eigenvalue weighted by molar-refractivity contribution is 7.07. The number of guanidine groups is 1. The van der Waals surface area contributed by atoms with Gasteiger partial charge in [-0.3, -0.25) is 0 Å². The van der Waals surface area contributed by atoms with Crippen LogP contribution in [0, 0.1) is 5.92 Å². The van der Waals surface area contributed by atoms with Gasteiger partial charge in [0.25, 0.3) is 0 Å². The Kier molecular flexibility index (Phi) is 9.07. The van der Waals surface area contributed by atoms with E-state index in [2.05, 4.69) is 53.2 Å². The smallest absolute Gasteiger partial charge is 0.191 e. The summed E-state index contributed by atoms with van der Waals surface area (Å²) in [6, 6.07) is 2.10. The first-order valence-corrected chi connectivity index (χ1v) is 8.27. The van der Waals surface area contributed by atoms with Crippen molar-refractivity contribution in [3.05, 3.63) is 22.4 Å². The fraction of sp³-hybridized carbons (Fsp3) is 0.667. The molecule has 5 heteroatoms. The van der Waals surface area contributed by atoms with Gasteiger partial charge in [-0.05, 0) is 41.7 Å². The molecule has 4 nitrogen and oxygen atoms in total. The zero-order valence-electron chi connectivity index (χ0n) is 12.8. The normalized spacial score (nSPS) is 11.9. The van der Waals surface area contributed by atoms with Crippen LogP contribution in [0.4, 0.5) is 0 Å². The minimum absolute atomic E-state index is 0.701. The standard InChI is InChI=1S/C15H27N3OS/c1-4-16-15(18-11-14-6-10-20-12-14)17-7-9-19-8-5-13(2)3/h6,10,12-13H,4-5,7-9,11H2,1-3H3,(H2,16,17,18). The van der Waals surface area contributed by atoms with Crippen molar-refractivity contribution in [2.75, 3.05) is 26.3 Å². The topological polar surface area (TPSA) is 45.7 Å². The second kappa shape index (κ2) is 10.7. The van der Waals surface area contributed by atoms with Crippen molar-refractivity contribution in [1.29, 1.82) is 0 Å². The van der Waals surface area contributed by atoms with Crippen LogP contribution in [-0.4, -0.2) is 32.3 Å². The van der Waals surface area contributed by atoms with E-state index >= 15 is 0 Å². The molecule has 1 aromatic heterocycles. The second-order valence-corrected chi connectivity index (χ2v) is 5.83. The number of rotatable bonds is 9. The Morgan fingerprint density at radius 2 is 2.20 bits per heavy atom. The second-order valence-electron chi connectivity index (χ2n) is 5.05. The molecule has 0 aliphatic rings. The van der Waals surface area contributed by atoms with Crippen molar-refractivity contribution in [3.8, 4) is 0 Å².